The van der Waals surface area contributed by atoms with Crippen LogP contribution in [0, 0.1) is 0 Å². The van der Waals surface area contributed by atoms with Gasteiger partial charge in [0.15, 0.2) is 5.17 Å². The van der Waals surface area contributed by atoms with Crippen molar-refractivity contribution in [2.24, 2.45) is 4.99 Å². The number of nitrogens with zero attached hydrogens (tertiary/aromatic N) is 2. The second-order valence-electron chi connectivity index (χ2n) is 6.51. The van der Waals surface area contributed by atoms with E-state index in [1.165, 1.54) is 16.7 Å². The fourth-order valence-electron chi connectivity index (χ4n) is 2.94. The Bertz CT molecular complexity index is 916. The summed E-state index contributed by atoms with van der Waals surface area (Å²) < 4.78 is 0. The number of benzene rings is 2. The first-order valence-electron chi connectivity index (χ1n) is 9.14. The van der Waals surface area contributed by atoms with Gasteiger partial charge in [-0.1, -0.05) is 67.5 Å². The Hall–Kier alpha value is -2.31. The van der Waals surface area contributed by atoms with Crippen molar-refractivity contribution in [3.05, 3.63) is 59.1 Å². The molecule has 0 spiro atoms. The van der Waals surface area contributed by atoms with Gasteiger partial charge in [0, 0.05) is 5.69 Å². The van der Waals surface area contributed by atoms with Crippen molar-refractivity contribution in [3.8, 4) is 0 Å². The minimum Gasteiger partial charge on any atom is -0.325 e. The van der Waals surface area contributed by atoms with Crippen molar-refractivity contribution in [3.63, 3.8) is 0 Å². The molecule has 7 heteroatoms. The molecule has 0 unspecified atom stereocenters. The Morgan fingerprint density at radius 2 is 1.96 bits per heavy atom. The number of para-hydroxylation sites is 2. The van der Waals surface area contributed by atoms with Crippen molar-refractivity contribution < 1.29 is 9.59 Å². The molecule has 28 heavy (non-hydrogen) atoms. The molecule has 1 atom stereocenters. The van der Waals surface area contributed by atoms with Crippen molar-refractivity contribution >= 4 is 51.7 Å². The van der Waals surface area contributed by atoms with Crippen molar-refractivity contribution in [1.82, 2.24) is 0 Å². The topological polar surface area (TPSA) is 61.8 Å². The molecular formula is C21H22ClN3O2S. The first-order valence-corrected chi connectivity index (χ1v) is 10.5. The fraction of sp³-hybridized carbons (Fsp3) is 0.286. The standard InChI is InChI=1S/C21H22ClN3O2S/c1-3-14(2)15-8-4-6-10-17(15)24-19(26)13-28-21-23-12-20(27)25(21)18-11-7-5-9-16(18)22/h4-11,14H,3,12-13H2,1-2H3,(H,24,26)/t14-/m0/s1. The largest absolute Gasteiger partial charge is 0.325 e. The Morgan fingerprint density at radius 1 is 1.25 bits per heavy atom. The monoisotopic (exact) mass is 415 g/mol. The van der Waals surface area contributed by atoms with Crippen LogP contribution in [-0.2, 0) is 9.59 Å². The summed E-state index contributed by atoms with van der Waals surface area (Å²) in [5.41, 5.74) is 2.53. The summed E-state index contributed by atoms with van der Waals surface area (Å²) >= 11 is 7.46. The van der Waals surface area contributed by atoms with Crippen LogP contribution in [0.1, 0.15) is 31.7 Å². The number of carbonyl (C=O) groups is 2. The normalized spacial score (nSPS) is 14.8. The quantitative estimate of drug-likeness (QED) is 0.727. The molecule has 2 aromatic rings. The maximum Gasteiger partial charge on any atom is 0.254 e. The second kappa shape index (κ2) is 9.26. The number of aliphatic imine (C=N–C) groups is 1. The number of hydrogen-bond acceptors (Lipinski definition) is 4. The van der Waals surface area contributed by atoms with Crippen molar-refractivity contribution in [1.29, 1.82) is 0 Å². The zero-order valence-electron chi connectivity index (χ0n) is 15.8. The average Bonchev–Trinajstić information content (AvgIpc) is 3.07. The maximum absolute atomic E-state index is 12.5. The third-order valence-corrected chi connectivity index (χ3v) is 5.89. The van der Waals surface area contributed by atoms with Crippen LogP contribution in [0.3, 0.4) is 0 Å². The molecule has 5 nitrogen and oxygen atoms in total. The fourth-order valence-corrected chi connectivity index (χ4v) is 3.98. The van der Waals surface area contributed by atoms with Gasteiger partial charge in [-0.05, 0) is 36.1 Å². The van der Waals surface area contributed by atoms with Crippen LogP contribution in [0.5, 0.6) is 0 Å². The number of nitrogens with one attached hydrogen (secondary N) is 1. The van der Waals surface area contributed by atoms with Gasteiger partial charge in [-0.2, -0.15) is 0 Å². The molecule has 0 bridgehead atoms. The van der Waals surface area contributed by atoms with Gasteiger partial charge in [0.05, 0.1) is 16.5 Å². The van der Waals surface area contributed by atoms with Gasteiger partial charge in [-0.25, -0.2) is 0 Å². The molecule has 0 saturated heterocycles. The summed E-state index contributed by atoms with van der Waals surface area (Å²) in [5.74, 6) is 0.221. The van der Waals surface area contributed by atoms with E-state index in [0.717, 1.165) is 17.7 Å². The van der Waals surface area contributed by atoms with E-state index in [1.807, 2.05) is 30.3 Å². The minimum atomic E-state index is -0.155. The first-order chi connectivity index (χ1) is 13.5. The Morgan fingerprint density at radius 3 is 2.71 bits per heavy atom. The third-order valence-electron chi connectivity index (χ3n) is 4.59. The number of carbonyl (C=O) groups excluding carboxylic acids is 2. The van der Waals surface area contributed by atoms with Gasteiger partial charge < -0.3 is 5.32 Å². The average molecular weight is 416 g/mol. The molecule has 0 radical (unpaired) electrons. The zero-order valence-corrected chi connectivity index (χ0v) is 17.4. The molecule has 0 aromatic heterocycles. The predicted molar refractivity (Wildman–Crippen MR) is 117 cm³/mol. The molecule has 0 fully saturated rings. The lowest BCUT2D eigenvalue weighted by Crippen LogP contribution is -2.32. The zero-order chi connectivity index (χ0) is 20.1. The molecule has 0 aliphatic carbocycles. The highest BCUT2D eigenvalue weighted by molar-refractivity contribution is 8.14. The van der Waals surface area contributed by atoms with E-state index in [-0.39, 0.29) is 24.1 Å². The Labute approximate surface area is 174 Å². The number of amides is 2. The molecular weight excluding hydrogens is 394 g/mol. The highest BCUT2D eigenvalue weighted by Crippen LogP contribution is 2.31. The SMILES string of the molecule is CC[C@H](C)c1ccccc1NC(=O)CSC1=NCC(=O)N1c1ccccc1Cl. The lowest BCUT2D eigenvalue weighted by molar-refractivity contribution is -0.116. The van der Waals surface area contributed by atoms with E-state index >= 15 is 0 Å². The molecule has 1 N–H and O–H groups in total. The molecule has 146 valence electrons. The maximum atomic E-state index is 12.5. The number of thioether (sulfide) groups is 1. The van der Waals surface area contributed by atoms with Gasteiger partial charge in [0.25, 0.3) is 5.91 Å². The molecule has 1 heterocycles. The van der Waals surface area contributed by atoms with Gasteiger partial charge in [0.1, 0.15) is 6.54 Å². The first kappa shape index (κ1) is 20.4. The Balaban J connectivity index is 1.67. The third kappa shape index (κ3) is 4.56. The van der Waals surface area contributed by atoms with E-state index in [4.69, 9.17) is 11.6 Å². The molecule has 0 saturated carbocycles. The number of halogens is 1. The van der Waals surface area contributed by atoms with Gasteiger partial charge >= 0.3 is 0 Å². The molecule has 1 aliphatic rings. The molecule has 1 aliphatic heterocycles. The number of anilines is 2. The van der Waals surface area contributed by atoms with Crippen LogP contribution >= 0.6 is 23.4 Å². The van der Waals surface area contributed by atoms with E-state index < -0.39 is 0 Å². The predicted octanol–water partition coefficient (Wildman–Crippen LogP) is 4.93. The molecule has 3 rings (SSSR count). The summed E-state index contributed by atoms with van der Waals surface area (Å²) in [6.07, 6.45) is 0.993. The highest BCUT2D eigenvalue weighted by Gasteiger charge is 2.29. The van der Waals surface area contributed by atoms with Gasteiger partial charge in [-0.15, -0.1) is 0 Å². The lowest BCUT2D eigenvalue weighted by Gasteiger charge is -2.19. The summed E-state index contributed by atoms with van der Waals surface area (Å²) in [6, 6.07) is 15.0. The highest BCUT2D eigenvalue weighted by atomic mass is 35.5. The molecule has 2 amide bonds. The van der Waals surface area contributed by atoms with E-state index in [1.54, 1.807) is 18.2 Å². The number of rotatable bonds is 6. The summed E-state index contributed by atoms with van der Waals surface area (Å²) in [7, 11) is 0. The van der Waals surface area contributed by atoms with Crippen LogP contribution in [0.4, 0.5) is 11.4 Å². The second-order valence-corrected chi connectivity index (χ2v) is 7.86. The van der Waals surface area contributed by atoms with E-state index in [0.29, 0.717) is 21.8 Å². The van der Waals surface area contributed by atoms with Crippen LogP contribution in [0.15, 0.2) is 53.5 Å². The minimum absolute atomic E-state index is 0.0615. The van der Waals surface area contributed by atoms with E-state index in [2.05, 4.69) is 24.2 Å². The smallest absolute Gasteiger partial charge is 0.254 e. The Kier molecular flexibility index (Phi) is 6.75. The van der Waals surface area contributed by atoms with E-state index in [9.17, 15) is 9.59 Å². The van der Waals surface area contributed by atoms with Crippen LogP contribution in [0.2, 0.25) is 5.02 Å². The van der Waals surface area contributed by atoms with Crippen LogP contribution in [-0.4, -0.2) is 29.3 Å². The summed E-state index contributed by atoms with van der Waals surface area (Å²) in [6.45, 7) is 4.32. The summed E-state index contributed by atoms with van der Waals surface area (Å²) in [4.78, 5) is 30.5. The summed E-state index contributed by atoms with van der Waals surface area (Å²) in [5, 5.41) is 3.94. The number of hydrogen-bond donors (Lipinski definition) is 1. The van der Waals surface area contributed by atoms with Gasteiger partial charge in [-0.3, -0.25) is 19.5 Å². The van der Waals surface area contributed by atoms with Gasteiger partial charge in [0.2, 0.25) is 5.91 Å². The lowest BCUT2D eigenvalue weighted by atomic mass is 9.97. The molecule has 2 aromatic carbocycles. The van der Waals surface area contributed by atoms with Crippen molar-refractivity contribution in [2.75, 3.05) is 22.5 Å². The van der Waals surface area contributed by atoms with Crippen LogP contribution in [0.25, 0.3) is 0 Å². The van der Waals surface area contributed by atoms with Crippen molar-refractivity contribution in [2.45, 2.75) is 26.2 Å². The number of amidine groups is 1. The van der Waals surface area contributed by atoms with Crippen LogP contribution < -0.4 is 10.2 Å².